The molecule has 0 saturated carbocycles. The molecule has 0 bridgehead atoms. The minimum absolute atomic E-state index is 0.226. The minimum Gasteiger partial charge on any atom is -0.304 e. The SMILES string of the molecule is CCCNC(c1ccc(CC)cc1)c1nc(C)cs1. The summed E-state index contributed by atoms with van der Waals surface area (Å²) in [5.74, 6) is 0. The maximum absolute atomic E-state index is 4.64. The molecule has 0 aliphatic heterocycles. The average Bonchev–Trinajstić information content (AvgIpc) is 2.86. The monoisotopic (exact) mass is 274 g/mol. The Morgan fingerprint density at radius 2 is 1.95 bits per heavy atom. The van der Waals surface area contributed by atoms with Gasteiger partial charge in [-0.2, -0.15) is 0 Å². The summed E-state index contributed by atoms with van der Waals surface area (Å²) in [6.07, 6.45) is 2.22. The van der Waals surface area contributed by atoms with Gasteiger partial charge in [0.15, 0.2) is 0 Å². The highest BCUT2D eigenvalue weighted by Gasteiger charge is 2.16. The molecule has 3 heteroatoms. The quantitative estimate of drug-likeness (QED) is 0.857. The van der Waals surface area contributed by atoms with Gasteiger partial charge in [0.05, 0.1) is 6.04 Å². The van der Waals surface area contributed by atoms with E-state index in [9.17, 15) is 0 Å². The van der Waals surface area contributed by atoms with Gasteiger partial charge in [0.2, 0.25) is 0 Å². The normalized spacial score (nSPS) is 12.6. The Labute approximate surface area is 119 Å². The summed E-state index contributed by atoms with van der Waals surface area (Å²) in [5.41, 5.74) is 3.79. The van der Waals surface area contributed by atoms with Gasteiger partial charge in [-0.15, -0.1) is 11.3 Å². The fourth-order valence-electron chi connectivity index (χ4n) is 2.09. The topological polar surface area (TPSA) is 24.9 Å². The molecule has 0 amide bonds. The van der Waals surface area contributed by atoms with Gasteiger partial charge in [-0.3, -0.25) is 0 Å². The van der Waals surface area contributed by atoms with Crippen LogP contribution in [0.5, 0.6) is 0 Å². The van der Waals surface area contributed by atoms with Crippen molar-refractivity contribution in [1.29, 1.82) is 0 Å². The minimum atomic E-state index is 0.226. The van der Waals surface area contributed by atoms with Crippen molar-refractivity contribution >= 4 is 11.3 Å². The zero-order valence-electron chi connectivity index (χ0n) is 11.9. The number of thiazole rings is 1. The van der Waals surface area contributed by atoms with Gasteiger partial charge < -0.3 is 5.32 Å². The van der Waals surface area contributed by atoms with Gasteiger partial charge in [-0.1, -0.05) is 38.1 Å². The van der Waals surface area contributed by atoms with Crippen LogP contribution < -0.4 is 5.32 Å². The van der Waals surface area contributed by atoms with Crippen LogP contribution in [0.4, 0.5) is 0 Å². The van der Waals surface area contributed by atoms with E-state index in [1.165, 1.54) is 11.1 Å². The van der Waals surface area contributed by atoms with E-state index in [4.69, 9.17) is 0 Å². The number of hydrogen-bond donors (Lipinski definition) is 1. The van der Waals surface area contributed by atoms with E-state index in [2.05, 4.69) is 60.7 Å². The predicted octanol–water partition coefficient (Wildman–Crippen LogP) is 4.10. The van der Waals surface area contributed by atoms with E-state index in [1.807, 2.05) is 0 Å². The lowest BCUT2D eigenvalue weighted by Gasteiger charge is -2.17. The molecule has 1 N–H and O–H groups in total. The van der Waals surface area contributed by atoms with E-state index in [1.54, 1.807) is 11.3 Å². The van der Waals surface area contributed by atoms with Crippen molar-refractivity contribution in [2.45, 2.75) is 39.7 Å². The van der Waals surface area contributed by atoms with E-state index >= 15 is 0 Å². The van der Waals surface area contributed by atoms with Crippen LogP contribution in [0, 0.1) is 6.92 Å². The molecule has 1 atom stereocenters. The van der Waals surface area contributed by atoms with Crippen LogP contribution >= 0.6 is 11.3 Å². The molecule has 1 aromatic heterocycles. The molecule has 2 aromatic rings. The molecule has 1 unspecified atom stereocenters. The number of nitrogens with zero attached hydrogens (tertiary/aromatic N) is 1. The van der Waals surface area contributed by atoms with E-state index in [-0.39, 0.29) is 6.04 Å². The first kappa shape index (κ1) is 14.2. The molecule has 102 valence electrons. The van der Waals surface area contributed by atoms with E-state index < -0.39 is 0 Å². The zero-order chi connectivity index (χ0) is 13.7. The number of aryl methyl sites for hydroxylation is 2. The van der Waals surface area contributed by atoms with E-state index in [0.717, 1.165) is 30.1 Å². The Morgan fingerprint density at radius 1 is 1.21 bits per heavy atom. The summed E-state index contributed by atoms with van der Waals surface area (Å²) < 4.78 is 0. The summed E-state index contributed by atoms with van der Waals surface area (Å²) in [5, 5.41) is 6.88. The van der Waals surface area contributed by atoms with Gasteiger partial charge in [-0.05, 0) is 37.4 Å². The molecule has 0 fully saturated rings. The van der Waals surface area contributed by atoms with Crippen LogP contribution in [0.3, 0.4) is 0 Å². The molecular formula is C16H22N2S. The van der Waals surface area contributed by atoms with Gasteiger partial charge in [0.25, 0.3) is 0 Å². The third kappa shape index (κ3) is 3.64. The van der Waals surface area contributed by atoms with Crippen LogP contribution in [0.1, 0.15) is 48.1 Å². The Kier molecular flexibility index (Phi) is 5.11. The fraction of sp³-hybridized carbons (Fsp3) is 0.438. The fourth-order valence-corrected chi connectivity index (χ4v) is 2.98. The zero-order valence-corrected chi connectivity index (χ0v) is 12.8. The van der Waals surface area contributed by atoms with Crippen molar-refractivity contribution in [3.05, 3.63) is 51.5 Å². The molecule has 0 spiro atoms. The van der Waals surface area contributed by atoms with Crippen LogP contribution in [0.25, 0.3) is 0 Å². The van der Waals surface area contributed by atoms with Gasteiger partial charge in [0, 0.05) is 11.1 Å². The molecule has 0 radical (unpaired) electrons. The summed E-state index contributed by atoms with van der Waals surface area (Å²) in [7, 11) is 0. The Morgan fingerprint density at radius 3 is 2.47 bits per heavy atom. The molecule has 2 nitrogen and oxygen atoms in total. The first-order chi connectivity index (χ1) is 9.24. The second-order valence-electron chi connectivity index (χ2n) is 4.81. The van der Waals surface area contributed by atoms with Crippen LogP contribution in [-0.4, -0.2) is 11.5 Å². The summed E-state index contributed by atoms with van der Waals surface area (Å²) in [6.45, 7) is 7.44. The molecule has 0 aliphatic carbocycles. The third-order valence-electron chi connectivity index (χ3n) is 3.20. The Balaban J connectivity index is 2.25. The second kappa shape index (κ2) is 6.83. The number of rotatable bonds is 6. The van der Waals surface area contributed by atoms with Crippen molar-refractivity contribution in [3.63, 3.8) is 0 Å². The van der Waals surface area contributed by atoms with Crippen LogP contribution in [-0.2, 0) is 6.42 Å². The van der Waals surface area contributed by atoms with Gasteiger partial charge in [-0.25, -0.2) is 4.98 Å². The van der Waals surface area contributed by atoms with Gasteiger partial charge in [0.1, 0.15) is 5.01 Å². The van der Waals surface area contributed by atoms with Crippen LogP contribution in [0.2, 0.25) is 0 Å². The number of benzene rings is 1. The first-order valence-corrected chi connectivity index (χ1v) is 7.86. The Bertz CT molecular complexity index is 502. The standard InChI is InChI=1S/C16H22N2S/c1-4-10-17-15(16-18-12(3)11-19-16)14-8-6-13(5-2)7-9-14/h6-9,11,15,17H,4-5,10H2,1-3H3. The molecular weight excluding hydrogens is 252 g/mol. The summed E-state index contributed by atoms with van der Waals surface area (Å²) in [4.78, 5) is 4.64. The molecule has 0 saturated heterocycles. The smallest absolute Gasteiger partial charge is 0.114 e. The predicted molar refractivity (Wildman–Crippen MR) is 82.8 cm³/mol. The van der Waals surface area contributed by atoms with E-state index in [0.29, 0.717) is 0 Å². The van der Waals surface area contributed by atoms with Crippen molar-refractivity contribution < 1.29 is 0 Å². The van der Waals surface area contributed by atoms with Crippen LogP contribution in [0.15, 0.2) is 29.6 Å². The maximum Gasteiger partial charge on any atom is 0.114 e. The van der Waals surface area contributed by atoms with Crippen molar-refractivity contribution in [1.82, 2.24) is 10.3 Å². The highest BCUT2D eigenvalue weighted by molar-refractivity contribution is 7.09. The lowest BCUT2D eigenvalue weighted by molar-refractivity contribution is 0.595. The summed E-state index contributed by atoms with van der Waals surface area (Å²) >= 11 is 1.74. The first-order valence-electron chi connectivity index (χ1n) is 6.98. The lowest BCUT2D eigenvalue weighted by atomic mass is 10.0. The average molecular weight is 274 g/mol. The maximum atomic E-state index is 4.64. The van der Waals surface area contributed by atoms with Crippen molar-refractivity contribution in [2.24, 2.45) is 0 Å². The lowest BCUT2D eigenvalue weighted by Crippen LogP contribution is -2.23. The largest absolute Gasteiger partial charge is 0.304 e. The molecule has 1 heterocycles. The number of hydrogen-bond acceptors (Lipinski definition) is 3. The highest BCUT2D eigenvalue weighted by Crippen LogP contribution is 2.25. The third-order valence-corrected chi connectivity index (χ3v) is 4.23. The molecule has 2 rings (SSSR count). The molecule has 1 aromatic carbocycles. The number of nitrogens with one attached hydrogen (secondary N) is 1. The Hall–Kier alpha value is -1.19. The highest BCUT2D eigenvalue weighted by atomic mass is 32.1. The summed E-state index contributed by atoms with van der Waals surface area (Å²) in [6, 6.07) is 9.11. The van der Waals surface area contributed by atoms with Gasteiger partial charge >= 0.3 is 0 Å². The molecule has 0 aliphatic rings. The second-order valence-corrected chi connectivity index (χ2v) is 5.70. The number of aromatic nitrogens is 1. The van der Waals surface area contributed by atoms with Crippen molar-refractivity contribution in [2.75, 3.05) is 6.54 Å². The molecule has 19 heavy (non-hydrogen) atoms. The van der Waals surface area contributed by atoms with Crippen molar-refractivity contribution in [3.8, 4) is 0 Å².